The fourth-order valence-corrected chi connectivity index (χ4v) is 1.56. The molecule has 0 saturated carbocycles. The maximum absolute atomic E-state index is 13.3. The molecule has 0 radical (unpaired) electrons. The van der Waals surface area contributed by atoms with Crippen molar-refractivity contribution >= 4 is 22.7 Å². The highest BCUT2D eigenvalue weighted by Gasteiger charge is 2.20. The minimum absolute atomic E-state index is 0.000139. The van der Waals surface area contributed by atoms with Crippen molar-refractivity contribution in [3.8, 4) is 0 Å². The molecule has 1 aromatic heterocycles. The van der Waals surface area contributed by atoms with Crippen LogP contribution < -0.4 is 0 Å². The lowest BCUT2D eigenvalue weighted by atomic mass is 10.2. The number of benzene rings is 1. The largest absolute Gasteiger partial charge is 0.448 e. The maximum Gasteiger partial charge on any atom is 0.435 e. The summed E-state index contributed by atoms with van der Waals surface area (Å²) in [6.07, 6.45) is 0.316. The van der Waals surface area contributed by atoms with Gasteiger partial charge in [-0.1, -0.05) is 0 Å². The lowest BCUT2D eigenvalue weighted by Gasteiger charge is -2.02. The number of halogens is 1. The smallest absolute Gasteiger partial charge is 0.435 e. The zero-order chi connectivity index (χ0) is 13.3. The Hall–Kier alpha value is -2.51. The van der Waals surface area contributed by atoms with Crippen molar-refractivity contribution in [1.29, 1.82) is 0 Å². The second kappa shape index (κ2) is 4.40. The first-order chi connectivity index (χ1) is 8.54. The van der Waals surface area contributed by atoms with Crippen molar-refractivity contribution in [1.82, 2.24) is 9.78 Å². The van der Waals surface area contributed by atoms with Gasteiger partial charge in [0.2, 0.25) is 0 Å². The van der Waals surface area contributed by atoms with Crippen molar-refractivity contribution in [2.75, 3.05) is 6.61 Å². The third-order valence-electron chi connectivity index (χ3n) is 2.27. The molecule has 8 heteroatoms. The zero-order valence-electron chi connectivity index (χ0n) is 9.29. The number of carbonyl (C=O) groups excluding carboxylic acids is 1. The summed E-state index contributed by atoms with van der Waals surface area (Å²) in [6, 6.07) is 1.77. The van der Waals surface area contributed by atoms with E-state index in [0.29, 0.717) is 0 Å². The van der Waals surface area contributed by atoms with Gasteiger partial charge in [0.15, 0.2) is 0 Å². The highest BCUT2D eigenvalue weighted by Crippen LogP contribution is 2.26. The van der Waals surface area contributed by atoms with E-state index in [2.05, 4.69) is 5.10 Å². The number of nitro groups is 1. The molecule has 0 spiro atoms. The quantitative estimate of drug-likeness (QED) is 0.604. The monoisotopic (exact) mass is 253 g/mol. The minimum atomic E-state index is -0.819. The predicted molar refractivity (Wildman–Crippen MR) is 58.8 cm³/mol. The van der Waals surface area contributed by atoms with E-state index in [1.54, 1.807) is 6.92 Å². The number of nitrogens with zero attached hydrogens (tertiary/aromatic N) is 3. The average Bonchev–Trinajstić information content (AvgIpc) is 2.71. The summed E-state index contributed by atoms with van der Waals surface area (Å²) >= 11 is 0. The van der Waals surface area contributed by atoms with Crippen LogP contribution in [0.4, 0.5) is 14.9 Å². The number of rotatable bonds is 2. The number of fused-ring (bicyclic) bond motifs is 1. The normalized spacial score (nSPS) is 10.6. The van der Waals surface area contributed by atoms with E-state index < -0.39 is 22.5 Å². The Morgan fingerprint density at radius 3 is 2.94 bits per heavy atom. The first-order valence-electron chi connectivity index (χ1n) is 5.03. The van der Waals surface area contributed by atoms with Gasteiger partial charge in [-0.2, -0.15) is 9.78 Å². The highest BCUT2D eigenvalue weighted by molar-refractivity contribution is 5.93. The van der Waals surface area contributed by atoms with Gasteiger partial charge < -0.3 is 4.74 Å². The molecule has 0 N–H and O–H groups in total. The van der Waals surface area contributed by atoms with Crippen LogP contribution in [0.5, 0.6) is 0 Å². The SMILES string of the molecule is CCOC(=O)n1ncc2c([N+](=O)[O-])cc(F)cc21. The van der Waals surface area contributed by atoms with Crippen molar-refractivity contribution < 1.29 is 18.8 Å². The summed E-state index contributed by atoms with van der Waals surface area (Å²) in [5.74, 6) is -0.819. The topological polar surface area (TPSA) is 87.3 Å². The molecular formula is C10H8FN3O4. The molecule has 1 aromatic carbocycles. The van der Waals surface area contributed by atoms with Crippen LogP contribution in [0.1, 0.15) is 6.92 Å². The van der Waals surface area contributed by atoms with Gasteiger partial charge >= 0.3 is 6.09 Å². The summed E-state index contributed by atoms with van der Waals surface area (Å²) in [6.45, 7) is 1.73. The molecule has 0 aliphatic heterocycles. The van der Waals surface area contributed by atoms with Gasteiger partial charge in [-0.3, -0.25) is 10.1 Å². The van der Waals surface area contributed by atoms with E-state index >= 15 is 0 Å². The molecule has 0 aliphatic rings. The number of hydrogen-bond donors (Lipinski definition) is 0. The van der Waals surface area contributed by atoms with Crippen LogP contribution in [-0.4, -0.2) is 27.4 Å². The Kier molecular flexibility index (Phi) is 2.92. The number of carbonyl (C=O) groups is 1. The van der Waals surface area contributed by atoms with Gasteiger partial charge in [0.05, 0.1) is 34.7 Å². The number of nitro benzene ring substituents is 1. The molecule has 0 amide bonds. The molecule has 0 fully saturated rings. The Morgan fingerprint density at radius 2 is 2.33 bits per heavy atom. The zero-order valence-corrected chi connectivity index (χ0v) is 9.29. The van der Waals surface area contributed by atoms with Crippen LogP contribution in [0.2, 0.25) is 0 Å². The molecule has 18 heavy (non-hydrogen) atoms. The van der Waals surface area contributed by atoms with Crippen molar-refractivity contribution in [3.63, 3.8) is 0 Å². The van der Waals surface area contributed by atoms with Crippen LogP contribution >= 0.6 is 0 Å². The second-order valence-electron chi connectivity index (χ2n) is 3.37. The van der Waals surface area contributed by atoms with E-state index in [9.17, 15) is 19.3 Å². The number of aromatic nitrogens is 2. The molecule has 2 rings (SSSR count). The summed E-state index contributed by atoms with van der Waals surface area (Å²) in [5.41, 5.74) is -0.444. The Bertz CT molecular complexity index is 637. The van der Waals surface area contributed by atoms with Crippen molar-refractivity contribution in [2.45, 2.75) is 6.92 Å². The molecule has 0 atom stereocenters. The molecular weight excluding hydrogens is 245 g/mol. The Balaban J connectivity index is 2.66. The van der Waals surface area contributed by atoms with Crippen LogP contribution in [0.3, 0.4) is 0 Å². The Morgan fingerprint density at radius 1 is 1.61 bits per heavy atom. The van der Waals surface area contributed by atoms with Crippen LogP contribution in [0, 0.1) is 15.9 Å². The fraction of sp³-hybridized carbons (Fsp3) is 0.200. The van der Waals surface area contributed by atoms with Gasteiger partial charge in [-0.25, -0.2) is 9.18 Å². The predicted octanol–water partition coefficient (Wildman–Crippen LogP) is 2.09. The van der Waals surface area contributed by atoms with Gasteiger partial charge in [-0.15, -0.1) is 0 Å². The minimum Gasteiger partial charge on any atom is -0.448 e. The van der Waals surface area contributed by atoms with Gasteiger partial charge in [0, 0.05) is 6.07 Å². The fourth-order valence-electron chi connectivity index (χ4n) is 1.56. The van der Waals surface area contributed by atoms with Gasteiger partial charge in [-0.05, 0) is 6.92 Å². The first kappa shape index (κ1) is 12.0. The number of ether oxygens (including phenoxy) is 1. The third kappa shape index (κ3) is 1.88. The average molecular weight is 253 g/mol. The van der Waals surface area contributed by atoms with E-state index in [4.69, 9.17) is 4.74 Å². The highest BCUT2D eigenvalue weighted by atomic mass is 19.1. The molecule has 0 saturated heterocycles. The molecule has 0 bridgehead atoms. The van der Waals surface area contributed by atoms with Crippen molar-refractivity contribution in [3.05, 3.63) is 34.3 Å². The maximum atomic E-state index is 13.3. The summed E-state index contributed by atoms with van der Waals surface area (Å²) in [5, 5.41) is 14.5. The Labute approximate surface area is 99.9 Å². The number of hydrogen-bond acceptors (Lipinski definition) is 5. The third-order valence-corrected chi connectivity index (χ3v) is 2.27. The molecule has 7 nitrogen and oxygen atoms in total. The first-order valence-corrected chi connectivity index (χ1v) is 5.03. The molecule has 1 heterocycles. The van der Waals surface area contributed by atoms with Crippen LogP contribution in [-0.2, 0) is 4.74 Å². The lowest BCUT2D eigenvalue weighted by Crippen LogP contribution is -2.14. The second-order valence-corrected chi connectivity index (χ2v) is 3.37. The molecule has 0 unspecified atom stereocenters. The van der Waals surface area contributed by atoms with E-state index in [-0.39, 0.29) is 17.5 Å². The van der Waals surface area contributed by atoms with E-state index in [1.807, 2.05) is 0 Å². The van der Waals surface area contributed by atoms with E-state index in [0.717, 1.165) is 23.0 Å². The van der Waals surface area contributed by atoms with E-state index in [1.165, 1.54) is 0 Å². The number of non-ortho nitro benzene ring substituents is 1. The molecule has 0 aliphatic carbocycles. The van der Waals surface area contributed by atoms with Gasteiger partial charge in [0.1, 0.15) is 5.82 Å². The van der Waals surface area contributed by atoms with Gasteiger partial charge in [0.25, 0.3) is 5.69 Å². The molecule has 2 aromatic rings. The standard InChI is InChI=1S/C10H8FN3O4/c1-2-18-10(15)13-8-3-6(11)4-9(14(16)17)7(8)5-12-13/h3-5H,2H2,1H3. The lowest BCUT2D eigenvalue weighted by molar-refractivity contribution is -0.383. The van der Waals surface area contributed by atoms with Crippen LogP contribution in [0.25, 0.3) is 10.9 Å². The summed E-state index contributed by atoms with van der Waals surface area (Å²) < 4.78 is 18.8. The van der Waals surface area contributed by atoms with Crippen LogP contribution in [0.15, 0.2) is 18.3 Å². The van der Waals surface area contributed by atoms with Crippen molar-refractivity contribution in [2.24, 2.45) is 0 Å². The molecule has 94 valence electrons. The summed E-state index contributed by atoms with van der Waals surface area (Å²) in [7, 11) is 0. The summed E-state index contributed by atoms with van der Waals surface area (Å²) in [4.78, 5) is 21.5.